The summed E-state index contributed by atoms with van der Waals surface area (Å²) in [5.74, 6) is -0.369. The van der Waals surface area contributed by atoms with Gasteiger partial charge in [0.05, 0.1) is 6.54 Å². The molecule has 1 N–H and O–H groups in total. The van der Waals surface area contributed by atoms with E-state index in [4.69, 9.17) is 11.6 Å². The molecule has 4 rings (SSSR count). The van der Waals surface area contributed by atoms with Gasteiger partial charge >= 0.3 is 6.36 Å². The first-order chi connectivity index (χ1) is 15.7. The molecule has 1 aliphatic carbocycles. The molecule has 1 heterocycles. The lowest BCUT2D eigenvalue weighted by Gasteiger charge is -2.34. The van der Waals surface area contributed by atoms with E-state index in [1.54, 1.807) is 0 Å². The number of nitrogens with one attached hydrogen (secondary N) is 1. The Bertz CT molecular complexity index is 1010. The molecular weight excluding hydrogens is 459 g/mol. The van der Waals surface area contributed by atoms with Crippen molar-refractivity contribution in [2.45, 2.75) is 18.7 Å². The van der Waals surface area contributed by atoms with Crippen molar-refractivity contribution in [2.24, 2.45) is 5.92 Å². The van der Waals surface area contributed by atoms with Gasteiger partial charge in [-0.25, -0.2) is 0 Å². The molecule has 2 aliphatic rings. The fraction of sp³-hybridized carbons (Fsp3) is 0.391. The van der Waals surface area contributed by atoms with E-state index in [0.717, 1.165) is 24.1 Å². The molecule has 2 aromatic rings. The number of piperazine rings is 1. The number of hydrogen-bond acceptors (Lipinski definition) is 4. The van der Waals surface area contributed by atoms with Crippen molar-refractivity contribution in [1.29, 1.82) is 0 Å². The third-order valence-electron chi connectivity index (χ3n) is 5.84. The van der Waals surface area contributed by atoms with E-state index in [1.807, 2.05) is 34.1 Å². The quantitative estimate of drug-likeness (QED) is 0.674. The van der Waals surface area contributed by atoms with Gasteiger partial charge in [0, 0.05) is 42.8 Å². The first kappa shape index (κ1) is 23.4. The van der Waals surface area contributed by atoms with Crippen LogP contribution in [0.3, 0.4) is 0 Å². The summed E-state index contributed by atoms with van der Waals surface area (Å²) < 4.78 is 40.5. The van der Waals surface area contributed by atoms with Crippen molar-refractivity contribution in [1.82, 2.24) is 9.80 Å². The summed E-state index contributed by atoms with van der Waals surface area (Å²) in [7, 11) is 0. The van der Waals surface area contributed by atoms with Gasteiger partial charge in [0.2, 0.25) is 11.8 Å². The van der Waals surface area contributed by atoms with Crippen LogP contribution in [0.2, 0.25) is 5.02 Å². The summed E-state index contributed by atoms with van der Waals surface area (Å²) in [6.45, 7) is 2.36. The SMILES string of the molecule is O=C(CN1CCN(C(=O)C2CC2c2ccccc2Cl)CC1)Nc1ccc(OC(F)(F)F)cc1. The number of benzene rings is 2. The molecule has 2 amide bonds. The molecule has 2 unspecified atom stereocenters. The average Bonchev–Trinajstić information content (AvgIpc) is 3.55. The first-order valence-corrected chi connectivity index (χ1v) is 11.0. The Hall–Kier alpha value is -2.78. The minimum atomic E-state index is -4.76. The molecule has 1 saturated carbocycles. The van der Waals surface area contributed by atoms with E-state index in [1.165, 1.54) is 12.1 Å². The van der Waals surface area contributed by atoms with Gasteiger partial charge in [-0.3, -0.25) is 14.5 Å². The van der Waals surface area contributed by atoms with Crippen LogP contribution in [0.5, 0.6) is 5.75 Å². The monoisotopic (exact) mass is 481 g/mol. The lowest BCUT2D eigenvalue weighted by Crippen LogP contribution is -2.51. The number of carbonyl (C=O) groups is 2. The molecule has 10 heteroatoms. The largest absolute Gasteiger partial charge is 0.573 e. The van der Waals surface area contributed by atoms with Crippen molar-refractivity contribution >= 4 is 29.1 Å². The number of rotatable bonds is 6. The van der Waals surface area contributed by atoms with Crippen molar-refractivity contribution in [3.63, 3.8) is 0 Å². The maximum absolute atomic E-state index is 12.8. The number of ether oxygens (including phenoxy) is 1. The third kappa shape index (κ3) is 6.17. The molecule has 0 spiro atoms. The van der Waals surface area contributed by atoms with Crippen LogP contribution in [0.15, 0.2) is 48.5 Å². The van der Waals surface area contributed by atoms with Gasteiger partial charge < -0.3 is 15.0 Å². The number of halogens is 4. The van der Waals surface area contributed by atoms with Gasteiger partial charge in [0.15, 0.2) is 0 Å². The molecular formula is C23H23ClF3N3O3. The first-order valence-electron chi connectivity index (χ1n) is 10.6. The number of nitrogens with zero attached hydrogens (tertiary/aromatic N) is 2. The zero-order valence-corrected chi connectivity index (χ0v) is 18.4. The maximum atomic E-state index is 12.8. The number of carbonyl (C=O) groups excluding carboxylic acids is 2. The van der Waals surface area contributed by atoms with Crippen molar-refractivity contribution in [3.05, 3.63) is 59.1 Å². The Kier molecular flexibility index (Phi) is 6.81. The van der Waals surface area contributed by atoms with Crippen molar-refractivity contribution in [3.8, 4) is 5.75 Å². The Morgan fingerprint density at radius 1 is 1.03 bits per heavy atom. The molecule has 1 saturated heterocycles. The minimum Gasteiger partial charge on any atom is -0.406 e. The fourth-order valence-electron chi connectivity index (χ4n) is 4.09. The summed E-state index contributed by atoms with van der Waals surface area (Å²) in [5, 5.41) is 3.35. The highest BCUT2D eigenvalue weighted by molar-refractivity contribution is 6.31. The molecule has 33 heavy (non-hydrogen) atoms. The fourth-order valence-corrected chi connectivity index (χ4v) is 4.37. The smallest absolute Gasteiger partial charge is 0.406 e. The highest BCUT2D eigenvalue weighted by atomic mass is 35.5. The van der Waals surface area contributed by atoms with Crippen LogP contribution in [0, 0.1) is 5.92 Å². The molecule has 6 nitrogen and oxygen atoms in total. The van der Waals surface area contributed by atoms with E-state index >= 15 is 0 Å². The van der Waals surface area contributed by atoms with Gasteiger partial charge in [0.25, 0.3) is 0 Å². The molecule has 2 aromatic carbocycles. The minimum absolute atomic E-state index is 0.0379. The zero-order valence-electron chi connectivity index (χ0n) is 17.6. The summed E-state index contributed by atoms with van der Waals surface area (Å²) >= 11 is 6.25. The highest BCUT2D eigenvalue weighted by Crippen LogP contribution is 2.50. The van der Waals surface area contributed by atoms with E-state index in [-0.39, 0.29) is 35.9 Å². The van der Waals surface area contributed by atoms with Gasteiger partial charge in [-0.05, 0) is 48.2 Å². The maximum Gasteiger partial charge on any atom is 0.573 e. The van der Waals surface area contributed by atoms with Crippen LogP contribution in [-0.4, -0.2) is 60.7 Å². The molecule has 0 radical (unpaired) electrons. The third-order valence-corrected chi connectivity index (χ3v) is 6.18. The van der Waals surface area contributed by atoms with Gasteiger partial charge in [-0.2, -0.15) is 0 Å². The van der Waals surface area contributed by atoms with Crippen LogP contribution in [0.25, 0.3) is 0 Å². The predicted molar refractivity (Wildman–Crippen MR) is 117 cm³/mol. The summed E-state index contributed by atoms with van der Waals surface area (Å²) in [5.41, 5.74) is 1.40. The second-order valence-corrected chi connectivity index (χ2v) is 8.60. The molecule has 176 valence electrons. The van der Waals surface area contributed by atoms with Gasteiger partial charge in [-0.1, -0.05) is 29.8 Å². The Labute approximate surface area is 194 Å². The normalized spacial score (nSPS) is 20.9. The summed E-state index contributed by atoms with van der Waals surface area (Å²) in [6, 6.07) is 12.6. The van der Waals surface area contributed by atoms with Crippen LogP contribution >= 0.6 is 11.6 Å². The second-order valence-electron chi connectivity index (χ2n) is 8.19. The lowest BCUT2D eigenvalue weighted by molar-refractivity contribution is -0.274. The van der Waals surface area contributed by atoms with Crippen LogP contribution in [0.1, 0.15) is 17.9 Å². The van der Waals surface area contributed by atoms with Crippen LogP contribution < -0.4 is 10.1 Å². The Morgan fingerprint density at radius 3 is 2.33 bits per heavy atom. The molecule has 0 aromatic heterocycles. The Balaban J connectivity index is 1.21. The van der Waals surface area contributed by atoms with Gasteiger partial charge in [-0.15, -0.1) is 13.2 Å². The highest BCUT2D eigenvalue weighted by Gasteiger charge is 2.46. The standard InChI is InChI=1S/C23H23ClF3N3O3/c24-20-4-2-1-3-17(20)18-13-19(18)22(32)30-11-9-29(10-12-30)14-21(31)28-15-5-7-16(8-6-15)33-23(25,26)27/h1-8,18-19H,9-14H2,(H,28,31). The molecule has 2 atom stereocenters. The summed E-state index contributed by atoms with van der Waals surface area (Å²) in [4.78, 5) is 28.9. The van der Waals surface area contributed by atoms with Crippen LogP contribution in [0.4, 0.5) is 18.9 Å². The zero-order chi connectivity index (χ0) is 23.6. The average molecular weight is 482 g/mol. The second kappa shape index (κ2) is 9.61. The van der Waals surface area contributed by atoms with Crippen molar-refractivity contribution in [2.75, 3.05) is 38.0 Å². The van der Waals surface area contributed by atoms with Gasteiger partial charge in [0.1, 0.15) is 5.75 Å². The van der Waals surface area contributed by atoms with E-state index in [9.17, 15) is 22.8 Å². The van der Waals surface area contributed by atoms with E-state index < -0.39 is 6.36 Å². The summed E-state index contributed by atoms with van der Waals surface area (Å²) in [6.07, 6.45) is -3.96. The number of hydrogen-bond donors (Lipinski definition) is 1. The van der Waals surface area contributed by atoms with E-state index in [2.05, 4.69) is 10.1 Å². The molecule has 2 fully saturated rings. The Morgan fingerprint density at radius 2 is 1.70 bits per heavy atom. The number of anilines is 1. The number of amides is 2. The number of alkyl halides is 3. The topological polar surface area (TPSA) is 61.9 Å². The molecule has 1 aliphatic heterocycles. The van der Waals surface area contributed by atoms with Crippen LogP contribution in [-0.2, 0) is 9.59 Å². The lowest BCUT2D eigenvalue weighted by atomic mass is 10.1. The van der Waals surface area contributed by atoms with Crippen molar-refractivity contribution < 1.29 is 27.5 Å². The van der Waals surface area contributed by atoms with E-state index in [0.29, 0.717) is 36.9 Å². The predicted octanol–water partition coefficient (Wildman–Crippen LogP) is 4.13. The molecule has 0 bridgehead atoms.